The fraction of sp³-hybridized carbons (Fsp3) is 0.214. The first-order valence-corrected chi connectivity index (χ1v) is 11.7. The predicted molar refractivity (Wildman–Crippen MR) is 132 cm³/mol. The summed E-state index contributed by atoms with van der Waals surface area (Å²) < 4.78 is 28.1. The van der Waals surface area contributed by atoms with Crippen molar-refractivity contribution in [3.63, 3.8) is 0 Å². The van der Waals surface area contributed by atoms with E-state index in [-0.39, 0.29) is 12.5 Å². The van der Waals surface area contributed by atoms with Crippen molar-refractivity contribution >= 4 is 29.3 Å². The van der Waals surface area contributed by atoms with Crippen LogP contribution < -0.4 is 4.90 Å². The minimum atomic E-state index is -0.876. The highest BCUT2D eigenvalue weighted by Crippen LogP contribution is 2.32. The van der Waals surface area contributed by atoms with E-state index in [1.165, 1.54) is 11.0 Å². The molecular formula is C28H25F2N3O2. The topological polar surface area (TPSA) is 43.9 Å². The Morgan fingerprint density at radius 2 is 1.37 bits per heavy atom. The molecule has 0 aromatic heterocycles. The highest BCUT2D eigenvalue weighted by molar-refractivity contribution is 5.96. The average molecular weight is 474 g/mol. The van der Waals surface area contributed by atoms with Gasteiger partial charge in [0.15, 0.2) is 0 Å². The first kappa shape index (κ1) is 22.8. The molecule has 0 unspecified atom stereocenters. The molecule has 2 amide bonds. The Hall–Kier alpha value is -4.00. The van der Waals surface area contributed by atoms with Gasteiger partial charge in [0.1, 0.15) is 17.2 Å². The summed E-state index contributed by atoms with van der Waals surface area (Å²) in [6.45, 7) is 2.06. The van der Waals surface area contributed by atoms with Crippen molar-refractivity contribution in [2.24, 2.45) is 0 Å². The van der Waals surface area contributed by atoms with Crippen LogP contribution in [0.5, 0.6) is 0 Å². The van der Waals surface area contributed by atoms with Crippen LogP contribution >= 0.6 is 0 Å². The normalized spacial score (nSPS) is 15.5. The van der Waals surface area contributed by atoms with Gasteiger partial charge in [0, 0.05) is 49.7 Å². The van der Waals surface area contributed by atoms with E-state index in [0.29, 0.717) is 31.6 Å². The van der Waals surface area contributed by atoms with Crippen LogP contribution in [0.25, 0.3) is 6.08 Å². The Morgan fingerprint density at radius 1 is 0.714 bits per heavy atom. The molecule has 5 nitrogen and oxygen atoms in total. The van der Waals surface area contributed by atoms with Crippen LogP contribution in [0, 0.1) is 11.6 Å². The Morgan fingerprint density at radius 3 is 2.09 bits per heavy atom. The van der Waals surface area contributed by atoms with Gasteiger partial charge in [0.05, 0.1) is 0 Å². The molecular weight excluding hydrogens is 448 g/mol. The molecule has 0 atom stereocenters. The highest BCUT2D eigenvalue weighted by atomic mass is 19.1. The number of anilines is 2. The lowest BCUT2D eigenvalue weighted by molar-refractivity contribution is 0.0713. The van der Waals surface area contributed by atoms with Gasteiger partial charge in [-0.15, -0.1) is 0 Å². The zero-order chi connectivity index (χ0) is 24.4. The van der Waals surface area contributed by atoms with Gasteiger partial charge in [-0.2, -0.15) is 0 Å². The van der Waals surface area contributed by atoms with Crippen molar-refractivity contribution in [1.29, 1.82) is 0 Å². The molecule has 3 aromatic carbocycles. The molecule has 5 rings (SSSR count). The van der Waals surface area contributed by atoms with E-state index in [1.807, 2.05) is 36.4 Å². The van der Waals surface area contributed by atoms with E-state index in [2.05, 4.69) is 29.2 Å². The molecule has 35 heavy (non-hydrogen) atoms. The molecule has 0 aliphatic carbocycles. The summed E-state index contributed by atoms with van der Waals surface area (Å²) >= 11 is 0. The third kappa shape index (κ3) is 4.54. The lowest BCUT2D eigenvalue weighted by Crippen LogP contribution is -2.38. The van der Waals surface area contributed by atoms with Crippen LogP contribution in [0.4, 0.5) is 20.2 Å². The second-order valence-electron chi connectivity index (χ2n) is 8.65. The van der Waals surface area contributed by atoms with Gasteiger partial charge in [0.25, 0.3) is 11.8 Å². The van der Waals surface area contributed by atoms with Crippen molar-refractivity contribution in [2.45, 2.75) is 6.42 Å². The third-order valence-corrected chi connectivity index (χ3v) is 6.49. The van der Waals surface area contributed by atoms with E-state index >= 15 is 0 Å². The third-order valence-electron chi connectivity index (χ3n) is 6.49. The summed E-state index contributed by atoms with van der Waals surface area (Å²) in [6, 6.07) is 19.1. The number of amides is 2. The highest BCUT2D eigenvalue weighted by Gasteiger charge is 2.27. The molecule has 7 heteroatoms. The van der Waals surface area contributed by atoms with Gasteiger partial charge >= 0.3 is 0 Å². The summed E-state index contributed by atoms with van der Waals surface area (Å²) in [4.78, 5) is 31.2. The van der Waals surface area contributed by atoms with Crippen LogP contribution in [0.1, 0.15) is 32.7 Å². The minimum absolute atomic E-state index is 0.123. The maximum absolute atomic E-state index is 14.1. The molecule has 0 spiro atoms. The number of carbonyl (C=O) groups is 2. The van der Waals surface area contributed by atoms with Gasteiger partial charge in [-0.25, -0.2) is 8.78 Å². The summed E-state index contributed by atoms with van der Waals surface area (Å²) in [5.74, 6) is -2.56. The van der Waals surface area contributed by atoms with E-state index in [0.717, 1.165) is 35.6 Å². The monoisotopic (exact) mass is 473 g/mol. The molecule has 0 saturated carbocycles. The number of rotatable bonds is 3. The zero-order valence-electron chi connectivity index (χ0n) is 19.2. The van der Waals surface area contributed by atoms with Crippen LogP contribution in [0.15, 0.2) is 72.8 Å². The summed E-state index contributed by atoms with van der Waals surface area (Å²) in [5.41, 5.74) is 3.29. The standard InChI is InChI=1S/C28H25F2N3O2/c29-23-8-3-9-24(30)26(23)28(35)32-16-5-15-31(18-19-32)27(34)21-11-13-22(14-12-21)33-17-4-7-20-6-1-2-10-25(20)33/h1-4,6-14H,5,15-19H2. The molecule has 2 aliphatic rings. The Bertz CT molecular complexity index is 1270. The van der Waals surface area contributed by atoms with Crippen molar-refractivity contribution in [3.05, 3.63) is 101 Å². The molecule has 2 aliphatic heterocycles. The number of nitrogens with zero attached hydrogens (tertiary/aromatic N) is 3. The summed E-state index contributed by atoms with van der Waals surface area (Å²) in [5, 5.41) is 0. The van der Waals surface area contributed by atoms with Gasteiger partial charge in [-0.1, -0.05) is 36.4 Å². The van der Waals surface area contributed by atoms with E-state index < -0.39 is 23.1 Å². The minimum Gasteiger partial charge on any atom is -0.337 e. The van der Waals surface area contributed by atoms with Crippen molar-refractivity contribution in [3.8, 4) is 0 Å². The van der Waals surface area contributed by atoms with Gasteiger partial charge in [0.2, 0.25) is 0 Å². The number of benzene rings is 3. The van der Waals surface area contributed by atoms with Crippen molar-refractivity contribution in [1.82, 2.24) is 9.80 Å². The molecule has 2 heterocycles. The summed E-state index contributed by atoms with van der Waals surface area (Å²) in [7, 11) is 0. The van der Waals surface area contributed by atoms with E-state index in [4.69, 9.17) is 0 Å². The lowest BCUT2D eigenvalue weighted by Gasteiger charge is -2.28. The molecule has 3 aromatic rings. The van der Waals surface area contributed by atoms with Gasteiger partial charge in [-0.05, 0) is 54.4 Å². The number of halogens is 2. The van der Waals surface area contributed by atoms with E-state index in [1.54, 1.807) is 4.90 Å². The Kier molecular flexibility index (Phi) is 6.31. The smallest absolute Gasteiger partial charge is 0.259 e. The first-order chi connectivity index (χ1) is 17.0. The molecule has 178 valence electrons. The molecule has 0 bridgehead atoms. The fourth-order valence-electron chi connectivity index (χ4n) is 4.65. The van der Waals surface area contributed by atoms with Gasteiger partial charge in [-0.3, -0.25) is 9.59 Å². The first-order valence-electron chi connectivity index (χ1n) is 11.7. The largest absolute Gasteiger partial charge is 0.337 e. The van der Waals surface area contributed by atoms with Crippen LogP contribution in [-0.4, -0.2) is 54.3 Å². The lowest BCUT2D eigenvalue weighted by atomic mass is 10.1. The number of hydrogen-bond donors (Lipinski definition) is 0. The maximum atomic E-state index is 14.1. The average Bonchev–Trinajstić information content (AvgIpc) is 3.14. The van der Waals surface area contributed by atoms with Gasteiger partial charge < -0.3 is 14.7 Å². The fourth-order valence-corrected chi connectivity index (χ4v) is 4.65. The summed E-state index contributed by atoms with van der Waals surface area (Å²) in [6.07, 6.45) is 4.75. The van der Waals surface area contributed by atoms with Crippen LogP contribution in [0.3, 0.4) is 0 Å². The SMILES string of the molecule is O=C(c1ccc(N2CC=Cc3ccccc32)cc1)N1CCCN(C(=O)c2c(F)cccc2F)CC1. The van der Waals surface area contributed by atoms with Crippen molar-refractivity contribution in [2.75, 3.05) is 37.6 Å². The maximum Gasteiger partial charge on any atom is 0.259 e. The number of carbonyl (C=O) groups excluding carboxylic acids is 2. The van der Waals surface area contributed by atoms with Crippen LogP contribution in [-0.2, 0) is 0 Å². The number of fused-ring (bicyclic) bond motifs is 1. The predicted octanol–water partition coefficient (Wildman–Crippen LogP) is 5.12. The van der Waals surface area contributed by atoms with E-state index in [9.17, 15) is 18.4 Å². The molecule has 0 N–H and O–H groups in total. The second kappa shape index (κ2) is 9.70. The number of hydrogen-bond acceptors (Lipinski definition) is 3. The zero-order valence-corrected chi connectivity index (χ0v) is 19.2. The van der Waals surface area contributed by atoms with Crippen LogP contribution in [0.2, 0.25) is 0 Å². The molecule has 1 saturated heterocycles. The quantitative estimate of drug-likeness (QED) is 0.531. The molecule has 1 fully saturated rings. The van der Waals surface area contributed by atoms with Crippen molar-refractivity contribution < 1.29 is 18.4 Å². The Labute approximate surface area is 202 Å². The second-order valence-corrected chi connectivity index (χ2v) is 8.65. The Balaban J connectivity index is 1.27. The molecule has 0 radical (unpaired) electrons. The number of para-hydroxylation sites is 1.